The second kappa shape index (κ2) is 5.65. The summed E-state index contributed by atoms with van der Waals surface area (Å²) in [6.45, 7) is 6.51. The average molecular weight is 307 g/mol. The molecule has 0 aliphatic carbocycles. The molecule has 118 valence electrons. The van der Waals surface area contributed by atoms with E-state index in [4.69, 9.17) is 0 Å². The third-order valence-corrected chi connectivity index (χ3v) is 4.55. The van der Waals surface area contributed by atoms with E-state index in [9.17, 15) is 0 Å². The molecule has 1 saturated heterocycles. The molecule has 3 aromatic rings. The lowest BCUT2D eigenvalue weighted by molar-refractivity contribution is 0.445. The van der Waals surface area contributed by atoms with Gasteiger partial charge >= 0.3 is 0 Å². The minimum Gasteiger partial charge on any atom is -0.356 e. The molecule has 0 saturated carbocycles. The van der Waals surface area contributed by atoms with Gasteiger partial charge in [-0.1, -0.05) is 19.1 Å². The lowest BCUT2D eigenvalue weighted by Crippen LogP contribution is -2.34. The summed E-state index contributed by atoms with van der Waals surface area (Å²) in [7, 11) is 0. The van der Waals surface area contributed by atoms with Gasteiger partial charge in [0.2, 0.25) is 0 Å². The zero-order valence-electron chi connectivity index (χ0n) is 13.6. The smallest absolute Gasteiger partial charge is 0.168 e. The first-order chi connectivity index (χ1) is 11.2. The maximum absolute atomic E-state index is 4.57. The van der Waals surface area contributed by atoms with Crippen LogP contribution in [0.25, 0.3) is 16.7 Å². The lowest BCUT2D eigenvalue weighted by atomic mass is 10.0. The third-order valence-electron chi connectivity index (χ3n) is 4.55. The molecule has 1 aliphatic heterocycles. The van der Waals surface area contributed by atoms with Crippen molar-refractivity contribution in [3.05, 3.63) is 42.4 Å². The predicted molar refractivity (Wildman–Crippen MR) is 92.0 cm³/mol. The summed E-state index contributed by atoms with van der Waals surface area (Å²) in [4.78, 5) is 11.4. The number of hydrogen-bond donors (Lipinski definition) is 0. The van der Waals surface area contributed by atoms with Gasteiger partial charge in [-0.15, -0.1) is 0 Å². The van der Waals surface area contributed by atoms with Crippen molar-refractivity contribution < 1.29 is 0 Å². The number of fused-ring (bicyclic) bond motifs is 1. The molecule has 1 aliphatic rings. The van der Waals surface area contributed by atoms with Crippen molar-refractivity contribution in [2.45, 2.75) is 26.7 Å². The summed E-state index contributed by atoms with van der Waals surface area (Å²) in [6, 6.07) is 8.32. The molecular weight excluding hydrogens is 286 g/mol. The van der Waals surface area contributed by atoms with Gasteiger partial charge in [0.05, 0.1) is 17.3 Å². The molecule has 23 heavy (non-hydrogen) atoms. The van der Waals surface area contributed by atoms with E-state index in [1.807, 2.05) is 16.9 Å². The minimum absolute atomic E-state index is 0.709. The summed E-state index contributed by atoms with van der Waals surface area (Å²) >= 11 is 0. The van der Waals surface area contributed by atoms with Crippen LogP contribution in [0.3, 0.4) is 0 Å². The van der Waals surface area contributed by atoms with Crippen LogP contribution in [0.2, 0.25) is 0 Å². The van der Waals surface area contributed by atoms with Crippen molar-refractivity contribution >= 4 is 16.9 Å². The highest BCUT2D eigenvalue weighted by Gasteiger charge is 2.21. The van der Waals surface area contributed by atoms with Gasteiger partial charge < -0.3 is 4.90 Å². The monoisotopic (exact) mass is 307 g/mol. The van der Waals surface area contributed by atoms with Crippen molar-refractivity contribution in [1.29, 1.82) is 0 Å². The van der Waals surface area contributed by atoms with E-state index < -0.39 is 0 Å². The molecular formula is C18H21N5. The first-order valence-corrected chi connectivity index (χ1v) is 8.23. The molecule has 1 atom stereocenters. The van der Waals surface area contributed by atoms with Crippen molar-refractivity contribution in [2.75, 3.05) is 18.0 Å². The Morgan fingerprint density at radius 1 is 1.22 bits per heavy atom. The Kier molecular flexibility index (Phi) is 3.48. The summed E-state index contributed by atoms with van der Waals surface area (Å²) < 4.78 is 1.90. The molecule has 0 unspecified atom stereocenters. The van der Waals surface area contributed by atoms with Gasteiger partial charge in [-0.05, 0) is 43.4 Å². The van der Waals surface area contributed by atoms with Crippen LogP contribution < -0.4 is 4.90 Å². The Labute approximate surface area is 136 Å². The summed E-state index contributed by atoms with van der Waals surface area (Å²) in [5.74, 6) is 1.72. The first-order valence-electron chi connectivity index (χ1n) is 8.23. The maximum Gasteiger partial charge on any atom is 0.168 e. The quantitative estimate of drug-likeness (QED) is 0.728. The topological polar surface area (TPSA) is 46.8 Å². The Morgan fingerprint density at radius 3 is 2.96 bits per heavy atom. The molecule has 0 amide bonds. The molecule has 0 N–H and O–H groups in total. The van der Waals surface area contributed by atoms with Crippen molar-refractivity contribution in [3.63, 3.8) is 0 Å². The fraction of sp³-hybridized carbons (Fsp3) is 0.389. The van der Waals surface area contributed by atoms with Gasteiger partial charge in [0.1, 0.15) is 12.1 Å². The molecule has 1 fully saturated rings. The average Bonchev–Trinajstić information content (AvgIpc) is 2.99. The van der Waals surface area contributed by atoms with E-state index in [0.717, 1.165) is 35.6 Å². The van der Waals surface area contributed by atoms with E-state index in [0.29, 0.717) is 5.92 Å². The number of benzene rings is 1. The number of rotatable bonds is 2. The molecule has 3 heterocycles. The Balaban J connectivity index is 1.80. The van der Waals surface area contributed by atoms with Crippen molar-refractivity contribution in [3.8, 4) is 5.69 Å². The van der Waals surface area contributed by atoms with Gasteiger partial charge in [0, 0.05) is 13.1 Å². The highest BCUT2D eigenvalue weighted by atomic mass is 15.3. The third kappa shape index (κ3) is 2.56. The van der Waals surface area contributed by atoms with Gasteiger partial charge in [-0.25, -0.2) is 14.6 Å². The number of aromatic nitrogens is 4. The molecule has 5 heteroatoms. The Hall–Kier alpha value is -2.43. The second-order valence-electron chi connectivity index (χ2n) is 6.52. The first kappa shape index (κ1) is 14.2. The number of anilines is 1. The van der Waals surface area contributed by atoms with Crippen LogP contribution in [0.4, 0.5) is 5.82 Å². The van der Waals surface area contributed by atoms with Crippen molar-refractivity contribution in [1.82, 2.24) is 19.7 Å². The summed E-state index contributed by atoms with van der Waals surface area (Å²) in [5.41, 5.74) is 3.13. The van der Waals surface area contributed by atoms with E-state index in [2.05, 4.69) is 52.0 Å². The number of piperidine rings is 1. The normalized spacial score (nSPS) is 18.5. The van der Waals surface area contributed by atoms with Crippen LogP contribution in [-0.4, -0.2) is 32.8 Å². The van der Waals surface area contributed by atoms with Crippen LogP contribution >= 0.6 is 0 Å². The van der Waals surface area contributed by atoms with Crippen LogP contribution in [0.5, 0.6) is 0 Å². The molecule has 0 spiro atoms. The summed E-state index contributed by atoms with van der Waals surface area (Å²) in [6.07, 6.45) is 6.07. The molecule has 2 aromatic heterocycles. The highest BCUT2D eigenvalue weighted by Crippen LogP contribution is 2.28. The number of hydrogen-bond acceptors (Lipinski definition) is 4. The second-order valence-corrected chi connectivity index (χ2v) is 6.52. The van der Waals surface area contributed by atoms with Crippen LogP contribution in [0.15, 0.2) is 36.8 Å². The van der Waals surface area contributed by atoms with E-state index in [-0.39, 0.29) is 0 Å². The predicted octanol–water partition coefficient (Wildman–Crippen LogP) is 3.36. The van der Waals surface area contributed by atoms with E-state index in [1.165, 1.54) is 18.4 Å². The Bertz CT molecular complexity index is 838. The lowest BCUT2D eigenvalue weighted by Gasteiger charge is -2.31. The Morgan fingerprint density at radius 2 is 2.13 bits per heavy atom. The number of nitrogens with zero attached hydrogens (tertiary/aromatic N) is 5. The van der Waals surface area contributed by atoms with Crippen LogP contribution in [0, 0.1) is 12.8 Å². The van der Waals surface area contributed by atoms with Gasteiger partial charge in [0.25, 0.3) is 0 Å². The summed E-state index contributed by atoms with van der Waals surface area (Å²) in [5, 5.41) is 5.60. The SMILES string of the molecule is Cc1cccc(-n2ncc3c(N4CCC[C@@H](C)C4)ncnc32)c1. The molecule has 1 aromatic carbocycles. The largest absolute Gasteiger partial charge is 0.356 e. The zero-order chi connectivity index (χ0) is 15.8. The fourth-order valence-electron chi connectivity index (χ4n) is 3.41. The standard InChI is InChI=1S/C18H21N5/c1-13-5-3-7-15(9-13)23-18-16(10-21-23)17(19-12-20-18)22-8-4-6-14(2)11-22/h3,5,7,9-10,12,14H,4,6,8,11H2,1-2H3/t14-/m1/s1. The van der Waals surface area contributed by atoms with Gasteiger partial charge in [0.15, 0.2) is 5.65 Å². The zero-order valence-corrected chi connectivity index (χ0v) is 13.6. The van der Waals surface area contributed by atoms with Crippen molar-refractivity contribution in [2.24, 2.45) is 5.92 Å². The van der Waals surface area contributed by atoms with E-state index >= 15 is 0 Å². The van der Waals surface area contributed by atoms with Crippen LogP contribution in [0.1, 0.15) is 25.3 Å². The van der Waals surface area contributed by atoms with E-state index in [1.54, 1.807) is 6.33 Å². The molecule has 4 rings (SSSR count). The fourth-order valence-corrected chi connectivity index (χ4v) is 3.41. The molecule has 0 radical (unpaired) electrons. The molecule has 5 nitrogen and oxygen atoms in total. The minimum atomic E-state index is 0.709. The maximum atomic E-state index is 4.57. The van der Waals surface area contributed by atoms with Crippen LogP contribution in [-0.2, 0) is 0 Å². The van der Waals surface area contributed by atoms with Gasteiger partial charge in [-0.2, -0.15) is 5.10 Å². The highest BCUT2D eigenvalue weighted by molar-refractivity contribution is 5.87. The number of aryl methyl sites for hydroxylation is 1. The molecule has 0 bridgehead atoms. The van der Waals surface area contributed by atoms with Gasteiger partial charge in [-0.3, -0.25) is 0 Å².